The van der Waals surface area contributed by atoms with Gasteiger partial charge in [0, 0.05) is 4.88 Å². The van der Waals surface area contributed by atoms with Crippen LogP contribution in [-0.2, 0) is 9.59 Å². The van der Waals surface area contributed by atoms with Crippen LogP contribution in [0.25, 0.3) is 0 Å². The highest BCUT2D eigenvalue weighted by Crippen LogP contribution is 2.36. The van der Waals surface area contributed by atoms with Crippen LogP contribution in [0, 0.1) is 25.7 Å². The van der Waals surface area contributed by atoms with Gasteiger partial charge in [0.05, 0.1) is 30.2 Å². The number of hydrogen-bond donors (Lipinski definition) is 3. The summed E-state index contributed by atoms with van der Waals surface area (Å²) in [5.41, 5.74) is 1.70. The summed E-state index contributed by atoms with van der Waals surface area (Å²) in [6.07, 6.45) is 2.67. The number of anilines is 2. The van der Waals surface area contributed by atoms with Crippen molar-refractivity contribution in [1.29, 1.82) is 0 Å². The quantitative estimate of drug-likeness (QED) is 0.628. The molecule has 2 amide bonds. The average Bonchev–Trinajstić information content (AvgIpc) is 3.01. The van der Waals surface area contributed by atoms with Gasteiger partial charge in [-0.05, 0) is 44.4 Å². The van der Waals surface area contributed by atoms with Gasteiger partial charge < -0.3 is 20.5 Å². The molecule has 1 saturated carbocycles. The minimum atomic E-state index is -0.942. The number of carbonyl (C=O) groups is 3. The van der Waals surface area contributed by atoms with Crippen LogP contribution in [0.1, 0.15) is 46.5 Å². The lowest BCUT2D eigenvalue weighted by Crippen LogP contribution is -2.36. The zero-order chi connectivity index (χ0) is 21.8. The molecule has 2 unspecified atom stereocenters. The highest BCUT2D eigenvalue weighted by Gasteiger charge is 2.36. The van der Waals surface area contributed by atoms with E-state index in [0.29, 0.717) is 34.8 Å². The minimum absolute atomic E-state index is 0.338. The number of carbonyl (C=O) groups excluding carboxylic acids is 2. The zero-order valence-corrected chi connectivity index (χ0v) is 18.1. The summed E-state index contributed by atoms with van der Waals surface area (Å²) in [5.74, 6) is -2.38. The Bertz CT molecular complexity index is 968. The molecule has 30 heavy (non-hydrogen) atoms. The van der Waals surface area contributed by atoms with Crippen molar-refractivity contribution in [2.75, 3.05) is 17.7 Å². The van der Waals surface area contributed by atoms with Crippen molar-refractivity contribution in [3.05, 3.63) is 40.3 Å². The third kappa shape index (κ3) is 4.48. The van der Waals surface area contributed by atoms with Crippen LogP contribution in [0.3, 0.4) is 0 Å². The summed E-state index contributed by atoms with van der Waals surface area (Å²) in [6, 6.07) is 7.09. The van der Waals surface area contributed by atoms with Crippen LogP contribution in [-0.4, -0.2) is 30.0 Å². The molecule has 1 heterocycles. The van der Waals surface area contributed by atoms with E-state index in [1.54, 1.807) is 18.2 Å². The number of amides is 2. The maximum atomic E-state index is 13.1. The Morgan fingerprint density at radius 3 is 2.40 bits per heavy atom. The summed E-state index contributed by atoms with van der Waals surface area (Å²) < 4.78 is 5.29. The molecule has 2 atom stereocenters. The highest BCUT2D eigenvalue weighted by atomic mass is 32.1. The van der Waals surface area contributed by atoms with Crippen LogP contribution in [0.15, 0.2) is 24.3 Å². The zero-order valence-electron chi connectivity index (χ0n) is 17.3. The number of benzene rings is 1. The third-order valence-corrected chi connectivity index (χ3v) is 6.75. The van der Waals surface area contributed by atoms with Gasteiger partial charge in [-0.3, -0.25) is 14.4 Å². The second kappa shape index (κ2) is 9.30. The van der Waals surface area contributed by atoms with E-state index in [2.05, 4.69) is 10.6 Å². The predicted octanol–water partition coefficient (Wildman–Crippen LogP) is 4.46. The van der Waals surface area contributed by atoms with E-state index in [9.17, 15) is 19.5 Å². The van der Waals surface area contributed by atoms with Gasteiger partial charge in [-0.25, -0.2) is 0 Å². The van der Waals surface area contributed by atoms with Gasteiger partial charge >= 0.3 is 5.97 Å². The molecular formula is C22H26N2O5S. The van der Waals surface area contributed by atoms with Crippen LogP contribution in [0.2, 0.25) is 0 Å². The molecule has 1 aliphatic carbocycles. The fraction of sp³-hybridized carbons (Fsp3) is 0.409. The van der Waals surface area contributed by atoms with E-state index < -0.39 is 17.8 Å². The van der Waals surface area contributed by atoms with E-state index in [4.69, 9.17) is 4.74 Å². The molecule has 2 aromatic rings. The summed E-state index contributed by atoms with van der Waals surface area (Å²) in [7, 11) is 1.53. The Morgan fingerprint density at radius 2 is 1.73 bits per heavy atom. The van der Waals surface area contributed by atoms with Crippen molar-refractivity contribution in [3.8, 4) is 5.75 Å². The first kappa shape index (κ1) is 21.8. The number of aryl methyl sites for hydroxylation is 1. The molecule has 3 rings (SSSR count). The van der Waals surface area contributed by atoms with E-state index in [1.165, 1.54) is 18.4 Å². The summed E-state index contributed by atoms with van der Waals surface area (Å²) >= 11 is 1.32. The second-order valence-electron chi connectivity index (χ2n) is 7.47. The summed E-state index contributed by atoms with van der Waals surface area (Å²) in [4.78, 5) is 38.5. The lowest BCUT2D eigenvalue weighted by molar-refractivity contribution is -0.147. The van der Waals surface area contributed by atoms with Gasteiger partial charge in [0.15, 0.2) is 0 Å². The Hall–Kier alpha value is -2.87. The number of para-hydroxylation sites is 2. The molecule has 160 valence electrons. The van der Waals surface area contributed by atoms with Gasteiger partial charge in [-0.1, -0.05) is 25.0 Å². The molecular weight excluding hydrogens is 404 g/mol. The molecule has 0 radical (unpaired) electrons. The Labute approximate surface area is 179 Å². The number of nitrogens with one attached hydrogen (secondary N) is 2. The fourth-order valence-electron chi connectivity index (χ4n) is 3.87. The van der Waals surface area contributed by atoms with Gasteiger partial charge in [0.2, 0.25) is 5.91 Å². The maximum absolute atomic E-state index is 13.1. The van der Waals surface area contributed by atoms with Crippen LogP contribution in [0.4, 0.5) is 10.7 Å². The number of ether oxygens (including phenoxy) is 1. The molecule has 0 spiro atoms. The molecule has 1 fully saturated rings. The van der Waals surface area contributed by atoms with Crippen LogP contribution >= 0.6 is 11.3 Å². The largest absolute Gasteiger partial charge is 0.495 e. The van der Waals surface area contributed by atoms with Gasteiger partial charge in [0.1, 0.15) is 10.8 Å². The van der Waals surface area contributed by atoms with Gasteiger partial charge in [-0.15, -0.1) is 11.3 Å². The lowest BCUT2D eigenvalue weighted by Gasteiger charge is -2.27. The molecule has 3 N–H and O–H groups in total. The first-order valence-electron chi connectivity index (χ1n) is 9.91. The lowest BCUT2D eigenvalue weighted by atomic mass is 9.79. The SMILES string of the molecule is COc1ccccc1NC(=O)c1c(NC(=O)C2CCCCC2C(=O)O)sc(C)c1C. The van der Waals surface area contributed by atoms with E-state index >= 15 is 0 Å². The predicted molar refractivity (Wildman–Crippen MR) is 116 cm³/mol. The van der Waals surface area contributed by atoms with Crippen molar-refractivity contribution in [3.63, 3.8) is 0 Å². The number of rotatable bonds is 6. The summed E-state index contributed by atoms with van der Waals surface area (Å²) in [6.45, 7) is 3.72. The van der Waals surface area contributed by atoms with Gasteiger partial charge in [0.25, 0.3) is 5.91 Å². The highest BCUT2D eigenvalue weighted by molar-refractivity contribution is 7.16. The Balaban J connectivity index is 1.85. The van der Waals surface area contributed by atoms with Crippen molar-refractivity contribution >= 4 is 39.8 Å². The van der Waals surface area contributed by atoms with Crippen molar-refractivity contribution < 1.29 is 24.2 Å². The minimum Gasteiger partial charge on any atom is -0.495 e. The van der Waals surface area contributed by atoms with E-state index in [1.807, 2.05) is 19.9 Å². The molecule has 7 nitrogen and oxygen atoms in total. The first-order valence-corrected chi connectivity index (χ1v) is 10.7. The number of methoxy groups -OCH3 is 1. The maximum Gasteiger partial charge on any atom is 0.307 e. The average molecular weight is 431 g/mol. The normalized spacial score (nSPS) is 18.5. The van der Waals surface area contributed by atoms with Crippen LogP contribution < -0.4 is 15.4 Å². The number of carboxylic acids is 1. The standard InChI is InChI=1S/C22H26N2O5S/c1-12-13(2)30-21(24-19(25)14-8-4-5-9-15(14)22(27)28)18(12)20(26)23-16-10-6-7-11-17(16)29-3/h6-7,10-11,14-15H,4-5,8-9H2,1-3H3,(H,23,26)(H,24,25)(H,27,28). The smallest absolute Gasteiger partial charge is 0.307 e. The Kier molecular flexibility index (Phi) is 6.77. The number of hydrogen-bond acceptors (Lipinski definition) is 5. The summed E-state index contributed by atoms with van der Waals surface area (Å²) in [5, 5.41) is 15.6. The van der Waals surface area contributed by atoms with Crippen molar-refractivity contribution in [1.82, 2.24) is 0 Å². The molecule has 1 aromatic heterocycles. The van der Waals surface area contributed by atoms with Gasteiger partial charge in [-0.2, -0.15) is 0 Å². The van der Waals surface area contributed by atoms with E-state index in [-0.39, 0.29) is 11.8 Å². The number of thiophene rings is 1. The van der Waals surface area contributed by atoms with Crippen molar-refractivity contribution in [2.45, 2.75) is 39.5 Å². The fourth-order valence-corrected chi connectivity index (χ4v) is 4.93. The topological polar surface area (TPSA) is 105 Å². The molecule has 0 bridgehead atoms. The first-order chi connectivity index (χ1) is 14.3. The molecule has 8 heteroatoms. The van der Waals surface area contributed by atoms with Crippen LogP contribution in [0.5, 0.6) is 5.75 Å². The third-order valence-electron chi connectivity index (χ3n) is 5.62. The Morgan fingerprint density at radius 1 is 1.07 bits per heavy atom. The molecule has 0 saturated heterocycles. The molecule has 0 aliphatic heterocycles. The number of carboxylic acid groups (broad SMARTS) is 1. The number of aliphatic carboxylic acids is 1. The second-order valence-corrected chi connectivity index (χ2v) is 8.69. The monoisotopic (exact) mass is 430 g/mol. The molecule has 1 aliphatic rings. The van der Waals surface area contributed by atoms with Crippen molar-refractivity contribution in [2.24, 2.45) is 11.8 Å². The molecule has 1 aromatic carbocycles. The van der Waals surface area contributed by atoms with E-state index in [0.717, 1.165) is 23.3 Å².